The van der Waals surface area contributed by atoms with E-state index in [1.807, 2.05) is 12.1 Å². The topological polar surface area (TPSA) is 60.7 Å². The lowest BCUT2D eigenvalue weighted by molar-refractivity contribution is -0.123. The summed E-state index contributed by atoms with van der Waals surface area (Å²) in [4.78, 5) is 1.05. The highest BCUT2D eigenvalue weighted by Gasteiger charge is 2.39. The molecule has 2 rings (SSSR count). The zero-order chi connectivity index (χ0) is 12.3. The van der Waals surface area contributed by atoms with Crippen LogP contribution in [0.4, 0.5) is 0 Å². The lowest BCUT2D eigenvalue weighted by atomic mass is 9.88. The Morgan fingerprint density at radius 3 is 2.24 bits per heavy atom. The predicted molar refractivity (Wildman–Crippen MR) is 68.0 cm³/mol. The van der Waals surface area contributed by atoms with Crippen LogP contribution in [0.25, 0.3) is 0 Å². The van der Waals surface area contributed by atoms with Gasteiger partial charge < -0.3 is 15.3 Å². The van der Waals surface area contributed by atoms with Crippen molar-refractivity contribution in [3.05, 3.63) is 24.3 Å². The molecule has 0 saturated heterocycles. The lowest BCUT2D eigenvalue weighted by Crippen LogP contribution is -2.34. The first-order valence-corrected chi connectivity index (χ1v) is 6.89. The van der Waals surface area contributed by atoms with E-state index in [-0.39, 0.29) is 11.2 Å². The van der Waals surface area contributed by atoms with Gasteiger partial charge in [0.2, 0.25) is 0 Å². The van der Waals surface area contributed by atoms with E-state index in [4.69, 9.17) is 0 Å². The Morgan fingerprint density at radius 2 is 1.71 bits per heavy atom. The summed E-state index contributed by atoms with van der Waals surface area (Å²) < 4.78 is 0. The van der Waals surface area contributed by atoms with Gasteiger partial charge in [0, 0.05) is 16.1 Å². The first-order chi connectivity index (χ1) is 8.12. The molecule has 4 heteroatoms. The van der Waals surface area contributed by atoms with E-state index in [1.165, 1.54) is 0 Å². The number of phenols is 1. The molecular weight excluding hydrogens is 236 g/mol. The molecule has 3 N–H and O–H groups in total. The number of thioether (sulfide) groups is 1. The van der Waals surface area contributed by atoms with Crippen LogP contribution in [0.2, 0.25) is 0 Å². The highest BCUT2D eigenvalue weighted by atomic mass is 32.2. The Morgan fingerprint density at radius 1 is 1.12 bits per heavy atom. The van der Waals surface area contributed by atoms with Crippen LogP contribution in [0.1, 0.15) is 25.7 Å². The van der Waals surface area contributed by atoms with E-state index >= 15 is 0 Å². The number of aliphatic hydroxyl groups is 2. The third kappa shape index (κ3) is 2.94. The monoisotopic (exact) mass is 254 g/mol. The number of phenolic OH excluding ortho intramolecular Hbond substituents is 1. The second-order valence-electron chi connectivity index (χ2n) is 4.73. The van der Waals surface area contributed by atoms with Crippen LogP contribution in [-0.2, 0) is 0 Å². The van der Waals surface area contributed by atoms with E-state index in [0.29, 0.717) is 0 Å². The summed E-state index contributed by atoms with van der Waals surface area (Å²) in [5.41, 5.74) is -0.345. The molecule has 0 bridgehead atoms. The van der Waals surface area contributed by atoms with Gasteiger partial charge in [-0.25, -0.2) is 0 Å². The van der Waals surface area contributed by atoms with Crippen molar-refractivity contribution in [3.8, 4) is 5.75 Å². The number of aromatic hydroxyl groups is 1. The van der Waals surface area contributed by atoms with Gasteiger partial charge in [0.1, 0.15) is 5.75 Å². The molecule has 0 atom stereocenters. The smallest absolute Gasteiger partial charge is 0.157 e. The standard InChI is InChI=1S/C13H18O3S/c14-10-3-5-11(6-4-10)17-9-13(12(15)16)7-1-2-8-13/h3-6,12,14-16H,1-2,7-9H2. The summed E-state index contributed by atoms with van der Waals surface area (Å²) in [6, 6.07) is 7.01. The van der Waals surface area contributed by atoms with Crippen molar-refractivity contribution in [2.24, 2.45) is 5.41 Å². The summed E-state index contributed by atoms with van der Waals surface area (Å²) in [6.07, 6.45) is 2.70. The predicted octanol–water partition coefficient (Wildman–Crippen LogP) is 2.36. The second kappa shape index (κ2) is 5.29. The van der Waals surface area contributed by atoms with E-state index in [9.17, 15) is 15.3 Å². The summed E-state index contributed by atoms with van der Waals surface area (Å²) in [6.45, 7) is 0. The maximum atomic E-state index is 9.53. The molecule has 0 heterocycles. The third-order valence-corrected chi connectivity index (χ3v) is 4.83. The molecule has 1 aliphatic rings. The van der Waals surface area contributed by atoms with Gasteiger partial charge >= 0.3 is 0 Å². The van der Waals surface area contributed by atoms with E-state index in [0.717, 1.165) is 36.3 Å². The van der Waals surface area contributed by atoms with Gasteiger partial charge in [-0.1, -0.05) is 12.8 Å². The van der Waals surface area contributed by atoms with Crippen molar-refractivity contribution >= 4 is 11.8 Å². The lowest BCUT2D eigenvalue weighted by Gasteiger charge is -2.30. The number of hydrogen-bond donors (Lipinski definition) is 3. The Kier molecular flexibility index (Phi) is 3.97. The van der Waals surface area contributed by atoms with Gasteiger partial charge in [-0.05, 0) is 37.1 Å². The fraction of sp³-hybridized carbons (Fsp3) is 0.538. The minimum Gasteiger partial charge on any atom is -0.508 e. The van der Waals surface area contributed by atoms with Gasteiger partial charge in [-0.15, -0.1) is 11.8 Å². The molecule has 94 valence electrons. The first-order valence-electron chi connectivity index (χ1n) is 5.90. The molecule has 0 aliphatic heterocycles. The van der Waals surface area contributed by atoms with Crippen LogP contribution in [0.5, 0.6) is 5.75 Å². The van der Waals surface area contributed by atoms with Crippen molar-refractivity contribution in [1.82, 2.24) is 0 Å². The minimum atomic E-state index is -1.23. The van der Waals surface area contributed by atoms with Crippen LogP contribution < -0.4 is 0 Å². The molecule has 0 unspecified atom stereocenters. The zero-order valence-corrected chi connectivity index (χ0v) is 10.5. The van der Waals surface area contributed by atoms with Crippen LogP contribution in [0, 0.1) is 5.41 Å². The van der Waals surface area contributed by atoms with Gasteiger partial charge in [0.05, 0.1) is 0 Å². The number of rotatable bonds is 4. The second-order valence-corrected chi connectivity index (χ2v) is 5.77. The van der Waals surface area contributed by atoms with E-state index in [1.54, 1.807) is 23.9 Å². The molecule has 0 amide bonds. The molecule has 1 saturated carbocycles. The fourth-order valence-corrected chi connectivity index (χ4v) is 3.55. The summed E-state index contributed by atoms with van der Waals surface area (Å²) in [7, 11) is 0. The molecule has 17 heavy (non-hydrogen) atoms. The molecule has 0 radical (unpaired) electrons. The van der Waals surface area contributed by atoms with Crippen molar-refractivity contribution in [3.63, 3.8) is 0 Å². The van der Waals surface area contributed by atoms with Gasteiger partial charge in [-0.2, -0.15) is 0 Å². The van der Waals surface area contributed by atoms with Crippen LogP contribution >= 0.6 is 11.8 Å². The number of hydrogen-bond acceptors (Lipinski definition) is 4. The average molecular weight is 254 g/mol. The molecule has 1 aromatic carbocycles. The van der Waals surface area contributed by atoms with Crippen molar-refractivity contribution < 1.29 is 15.3 Å². The summed E-state index contributed by atoms with van der Waals surface area (Å²) in [5, 5.41) is 28.2. The molecule has 1 fully saturated rings. The van der Waals surface area contributed by atoms with Gasteiger partial charge in [0.25, 0.3) is 0 Å². The normalized spacial score (nSPS) is 18.8. The van der Waals surface area contributed by atoms with Crippen molar-refractivity contribution in [2.75, 3.05) is 5.75 Å². The van der Waals surface area contributed by atoms with Crippen LogP contribution in [0.3, 0.4) is 0 Å². The Hall–Kier alpha value is -0.710. The SMILES string of the molecule is Oc1ccc(SCC2(C(O)O)CCCC2)cc1. The number of aliphatic hydroxyl groups excluding tert-OH is 1. The van der Waals surface area contributed by atoms with Gasteiger partial charge in [-0.3, -0.25) is 0 Å². The Labute approximate surface area is 105 Å². The van der Waals surface area contributed by atoms with Crippen molar-refractivity contribution in [1.29, 1.82) is 0 Å². The van der Waals surface area contributed by atoms with Crippen molar-refractivity contribution in [2.45, 2.75) is 36.9 Å². The number of benzene rings is 1. The average Bonchev–Trinajstić information content (AvgIpc) is 2.78. The Bertz CT molecular complexity index is 355. The molecular formula is C13H18O3S. The van der Waals surface area contributed by atoms with Gasteiger partial charge in [0.15, 0.2) is 6.29 Å². The fourth-order valence-electron chi connectivity index (χ4n) is 2.33. The van der Waals surface area contributed by atoms with E-state index in [2.05, 4.69) is 0 Å². The summed E-state index contributed by atoms with van der Waals surface area (Å²) in [5.74, 6) is 0.974. The molecule has 1 aliphatic carbocycles. The first kappa shape index (κ1) is 12.7. The zero-order valence-electron chi connectivity index (χ0n) is 9.67. The maximum absolute atomic E-state index is 9.53. The molecule has 1 aromatic rings. The Balaban J connectivity index is 1.98. The quantitative estimate of drug-likeness (QED) is 0.570. The summed E-state index contributed by atoms with van der Waals surface area (Å²) >= 11 is 1.62. The highest BCUT2D eigenvalue weighted by molar-refractivity contribution is 7.99. The largest absolute Gasteiger partial charge is 0.508 e. The van der Waals surface area contributed by atoms with Crippen LogP contribution in [-0.4, -0.2) is 27.4 Å². The molecule has 0 aromatic heterocycles. The maximum Gasteiger partial charge on any atom is 0.157 e. The third-order valence-electron chi connectivity index (χ3n) is 3.51. The minimum absolute atomic E-state index is 0.257. The highest BCUT2D eigenvalue weighted by Crippen LogP contribution is 2.44. The van der Waals surface area contributed by atoms with E-state index < -0.39 is 6.29 Å². The van der Waals surface area contributed by atoms with Crippen LogP contribution in [0.15, 0.2) is 29.2 Å². The molecule has 3 nitrogen and oxygen atoms in total. The molecule has 0 spiro atoms.